The van der Waals surface area contributed by atoms with Crippen molar-refractivity contribution in [2.24, 2.45) is 0 Å². The number of nitrogens with zero attached hydrogens (tertiary/aromatic N) is 1. The summed E-state index contributed by atoms with van der Waals surface area (Å²) in [4.78, 5) is 16.9. The van der Waals surface area contributed by atoms with Gasteiger partial charge in [0.2, 0.25) is 5.89 Å². The van der Waals surface area contributed by atoms with Gasteiger partial charge in [-0.1, -0.05) is 18.2 Å². The van der Waals surface area contributed by atoms with Crippen LogP contribution < -0.4 is 5.63 Å². The van der Waals surface area contributed by atoms with E-state index < -0.39 is 0 Å². The van der Waals surface area contributed by atoms with Gasteiger partial charge in [-0.2, -0.15) is 0 Å². The Hall–Kier alpha value is -1.47. The van der Waals surface area contributed by atoms with Crippen molar-refractivity contribution in [3.8, 4) is 22.0 Å². The standard InChI is InChI=1S/C14H8INO2S/c15-10-4-1-3-9(7-10)11-8-13(17)18-14(16-11)12-5-2-6-19-12/h1-8H. The molecule has 0 N–H and O–H groups in total. The van der Waals surface area contributed by atoms with Gasteiger partial charge < -0.3 is 4.42 Å². The zero-order valence-electron chi connectivity index (χ0n) is 9.67. The topological polar surface area (TPSA) is 43.1 Å². The summed E-state index contributed by atoms with van der Waals surface area (Å²) in [6.07, 6.45) is 0. The molecule has 0 atom stereocenters. The lowest BCUT2D eigenvalue weighted by molar-refractivity contribution is 0.510. The van der Waals surface area contributed by atoms with Crippen LogP contribution >= 0.6 is 33.9 Å². The average molecular weight is 381 g/mol. The van der Waals surface area contributed by atoms with E-state index in [0.717, 1.165) is 14.0 Å². The van der Waals surface area contributed by atoms with Crippen LogP contribution in [0.3, 0.4) is 0 Å². The normalized spacial score (nSPS) is 10.6. The molecule has 0 aliphatic carbocycles. The van der Waals surface area contributed by atoms with E-state index in [4.69, 9.17) is 4.42 Å². The number of halogens is 1. The number of hydrogen-bond acceptors (Lipinski definition) is 4. The van der Waals surface area contributed by atoms with Crippen molar-refractivity contribution >= 4 is 33.9 Å². The summed E-state index contributed by atoms with van der Waals surface area (Å²) in [5.74, 6) is 0.372. The summed E-state index contributed by atoms with van der Waals surface area (Å²) in [7, 11) is 0. The largest absolute Gasteiger partial charge is 0.403 e. The fourth-order valence-electron chi connectivity index (χ4n) is 1.70. The fraction of sp³-hybridized carbons (Fsp3) is 0. The molecular formula is C14H8INO2S. The van der Waals surface area contributed by atoms with Gasteiger partial charge in [-0.25, -0.2) is 9.78 Å². The molecule has 94 valence electrons. The molecule has 0 saturated heterocycles. The van der Waals surface area contributed by atoms with E-state index in [0.29, 0.717) is 11.6 Å². The summed E-state index contributed by atoms with van der Waals surface area (Å²) < 4.78 is 6.26. The smallest absolute Gasteiger partial charge is 0.339 e. The van der Waals surface area contributed by atoms with E-state index in [-0.39, 0.29) is 5.63 Å². The van der Waals surface area contributed by atoms with Gasteiger partial charge in [0, 0.05) is 9.13 Å². The molecule has 0 spiro atoms. The zero-order valence-corrected chi connectivity index (χ0v) is 12.6. The van der Waals surface area contributed by atoms with Crippen molar-refractivity contribution in [1.29, 1.82) is 0 Å². The van der Waals surface area contributed by atoms with Crippen LogP contribution in [-0.2, 0) is 0 Å². The third-order valence-corrected chi connectivity index (χ3v) is 4.06. The van der Waals surface area contributed by atoms with Gasteiger partial charge >= 0.3 is 5.63 Å². The Labute approximate surface area is 127 Å². The molecule has 3 aromatic rings. The van der Waals surface area contributed by atoms with Gasteiger partial charge in [-0.05, 0) is 46.2 Å². The van der Waals surface area contributed by atoms with Crippen molar-refractivity contribution < 1.29 is 4.42 Å². The van der Waals surface area contributed by atoms with E-state index in [2.05, 4.69) is 27.6 Å². The van der Waals surface area contributed by atoms with Gasteiger partial charge in [-0.3, -0.25) is 0 Å². The zero-order chi connectivity index (χ0) is 13.2. The number of aromatic nitrogens is 1. The maximum atomic E-state index is 11.7. The molecule has 0 amide bonds. The van der Waals surface area contributed by atoms with Crippen LogP contribution in [0.5, 0.6) is 0 Å². The highest BCUT2D eigenvalue weighted by Gasteiger charge is 2.09. The highest BCUT2D eigenvalue weighted by Crippen LogP contribution is 2.25. The Kier molecular flexibility index (Phi) is 3.48. The molecule has 0 unspecified atom stereocenters. The lowest BCUT2D eigenvalue weighted by atomic mass is 10.1. The Morgan fingerprint density at radius 3 is 2.79 bits per heavy atom. The van der Waals surface area contributed by atoms with Gasteiger partial charge in [0.15, 0.2) is 0 Å². The Morgan fingerprint density at radius 2 is 2.05 bits per heavy atom. The molecule has 3 nitrogen and oxygen atoms in total. The van der Waals surface area contributed by atoms with Crippen LogP contribution in [0, 0.1) is 3.57 Å². The maximum Gasteiger partial charge on any atom is 0.339 e. The minimum atomic E-state index is -0.382. The average Bonchev–Trinajstić information content (AvgIpc) is 2.92. The van der Waals surface area contributed by atoms with Crippen LogP contribution in [0.4, 0.5) is 0 Å². The van der Waals surface area contributed by atoms with Crippen LogP contribution in [-0.4, -0.2) is 4.98 Å². The second kappa shape index (κ2) is 5.26. The molecule has 3 rings (SSSR count). The molecule has 1 aromatic carbocycles. The van der Waals surface area contributed by atoms with Crippen molar-refractivity contribution in [2.45, 2.75) is 0 Å². The monoisotopic (exact) mass is 381 g/mol. The summed E-state index contributed by atoms with van der Waals surface area (Å²) >= 11 is 3.73. The van der Waals surface area contributed by atoms with E-state index in [1.165, 1.54) is 17.4 Å². The molecule has 0 aliphatic heterocycles. The first kappa shape index (κ1) is 12.6. The molecular weight excluding hydrogens is 373 g/mol. The van der Waals surface area contributed by atoms with Gasteiger partial charge in [0.25, 0.3) is 0 Å². The van der Waals surface area contributed by atoms with Gasteiger partial charge in [0.1, 0.15) is 0 Å². The first-order valence-electron chi connectivity index (χ1n) is 5.54. The first-order chi connectivity index (χ1) is 9.22. The quantitative estimate of drug-likeness (QED) is 0.630. The van der Waals surface area contributed by atoms with Crippen molar-refractivity contribution in [3.05, 3.63) is 61.8 Å². The molecule has 0 saturated carbocycles. The first-order valence-corrected chi connectivity index (χ1v) is 7.50. The SMILES string of the molecule is O=c1cc(-c2cccc(I)c2)nc(-c2cccs2)o1. The predicted molar refractivity (Wildman–Crippen MR) is 84.2 cm³/mol. The van der Waals surface area contributed by atoms with E-state index in [1.807, 2.05) is 41.8 Å². The number of rotatable bonds is 2. The van der Waals surface area contributed by atoms with Gasteiger partial charge in [0.05, 0.1) is 16.6 Å². The summed E-state index contributed by atoms with van der Waals surface area (Å²) in [5, 5.41) is 1.93. The van der Waals surface area contributed by atoms with Crippen LogP contribution in [0.15, 0.2) is 57.1 Å². The van der Waals surface area contributed by atoms with Crippen molar-refractivity contribution in [1.82, 2.24) is 4.98 Å². The second-order valence-electron chi connectivity index (χ2n) is 3.86. The third-order valence-electron chi connectivity index (χ3n) is 2.53. The molecule has 0 fully saturated rings. The molecule has 5 heteroatoms. The molecule has 19 heavy (non-hydrogen) atoms. The van der Waals surface area contributed by atoms with E-state index in [1.54, 1.807) is 0 Å². The van der Waals surface area contributed by atoms with Crippen LogP contribution in [0.25, 0.3) is 22.0 Å². The Bertz CT molecular complexity index is 765. The molecule has 0 bridgehead atoms. The van der Waals surface area contributed by atoms with Crippen LogP contribution in [0.1, 0.15) is 0 Å². The van der Waals surface area contributed by atoms with E-state index in [9.17, 15) is 4.79 Å². The van der Waals surface area contributed by atoms with Crippen LogP contribution in [0.2, 0.25) is 0 Å². The van der Waals surface area contributed by atoms with Gasteiger partial charge in [-0.15, -0.1) is 11.3 Å². The third kappa shape index (κ3) is 2.76. The Morgan fingerprint density at radius 1 is 1.16 bits per heavy atom. The molecule has 0 aliphatic rings. The lowest BCUT2D eigenvalue weighted by Gasteiger charge is -2.02. The Balaban J connectivity index is 2.15. The highest BCUT2D eigenvalue weighted by atomic mass is 127. The molecule has 0 radical (unpaired) electrons. The van der Waals surface area contributed by atoms with Crippen molar-refractivity contribution in [3.63, 3.8) is 0 Å². The number of hydrogen-bond donors (Lipinski definition) is 0. The van der Waals surface area contributed by atoms with Crippen molar-refractivity contribution in [2.75, 3.05) is 0 Å². The number of thiophene rings is 1. The van der Waals surface area contributed by atoms with E-state index >= 15 is 0 Å². The number of benzene rings is 1. The molecule has 2 aromatic heterocycles. The minimum absolute atomic E-state index is 0.372. The highest BCUT2D eigenvalue weighted by molar-refractivity contribution is 14.1. The summed E-state index contributed by atoms with van der Waals surface area (Å²) in [6.45, 7) is 0. The maximum absolute atomic E-state index is 11.7. The minimum Gasteiger partial charge on any atom is -0.403 e. The summed E-state index contributed by atoms with van der Waals surface area (Å²) in [5.41, 5.74) is 1.17. The molecule has 2 heterocycles. The summed E-state index contributed by atoms with van der Waals surface area (Å²) in [6, 6.07) is 13.1. The lowest BCUT2D eigenvalue weighted by Crippen LogP contribution is -2.01. The second-order valence-corrected chi connectivity index (χ2v) is 6.05. The predicted octanol–water partition coefficient (Wildman–Crippen LogP) is 4.03. The fourth-order valence-corrected chi connectivity index (χ4v) is 2.89.